The Hall–Kier alpha value is -2.14. The predicted octanol–water partition coefficient (Wildman–Crippen LogP) is 3.43. The molecule has 0 heterocycles. The number of hydrogen-bond donors (Lipinski definition) is 1. The molecule has 2 atom stereocenters. The Balaban J connectivity index is 2.29. The number of halogens is 1. The quantitative estimate of drug-likeness (QED) is 0.410. The summed E-state index contributed by atoms with van der Waals surface area (Å²) in [6.45, 7) is 5.47. The van der Waals surface area contributed by atoms with Gasteiger partial charge in [0.1, 0.15) is 12.6 Å². The van der Waals surface area contributed by atoms with E-state index in [1.807, 2.05) is 44.2 Å². The third kappa shape index (κ3) is 8.29. The van der Waals surface area contributed by atoms with Crippen molar-refractivity contribution in [3.05, 3.63) is 63.7 Å². The van der Waals surface area contributed by atoms with E-state index in [0.717, 1.165) is 26.1 Å². The maximum absolute atomic E-state index is 13.4. The number of carbonyl (C=O) groups is 2. The van der Waals surface area contributed by atoms with Gasteiger partial charge in [0, 0.05) is 16.2 Å². The van der Waals surface area contributed by atoms with Gasteiger partial charge in [0.05, 0.1) is 11.9 Å². The van der Waals surface area contributed by atoms with Crippen LogP contribution in [0.3, 0.4) is 0 Å². The molecule has 0 fully saturated rings. The lowest BCUT2D eigenvalue weighted by atomic mass is 10.1. The van der Waals surface area contributed by atoms with Gasteiger partial charge >= 0.3 is 0 Å². The molecule has 0 saturated heterocycles. The third-order valence-electron chi connectivity index (χ3n) is 5.45. The monoisotopic (exact) mass is 585 g/mol. The first-order chi connectivity index (χ1) is 15.5. The van der Waals surface area contributed by atoms with Crippen LogP contribution in [0.25, 0.3) is 0 Å². The van der Waals surface area contributed by atoms with Gasteiger partial charge in [-0.2, -0.15) is 0 Å². The second-order valence-electron chi connectivity index (χ2n) is 8.06. The Morgan fingerprint density at radius 2 is 1.64 bits per heavy atom. The minimum Gasteiger partial charge on any atom is -0.352 e. The molecule has 0 radical (unpaired) electrons. The smallest absolute Gasteiger partial charge is 0.244 e. The summed E-state index contributed by atoms with van der Waals surface area (Å²) in [7, 11) is -3.71. The molecule has 0 saturated carbocycles. The predicted molar refractivity (Wildman–Crippen MR) is 141 cm³/mol. The molecule has 0 aliphatic heterocycles. The van der Waals surface area contributed by atoms with Crippen molar-refractivity contribution in [1.29, 1.82) is 0 Å². The second kappa shape index (κ2) is 12.4. The van der Waals surface area contributed by atoms with Crippen molar-refractivity contribution in [3.63, 3.8) is 0 Å². The van der Waals surface area contributed by atoms with Crippen LogP contribution in [0, 0.1) is 3.57 Å². The summed E-state index contributed by atoms with van der Waals surface area (Å²) in [5.41, 5.74) is 1.44. The van der Waals surface area contributed by atoms with Crippen LogP contribution in [0.1, 0.15) is 32.8 Å². The van der Waals surface area contributed by atoms with Crippen molar-refractivity contribution in [2.24, 2.45) is 0 Å². The molecule has 2 amide bonds. The first-order valence-corrected chi connectivity index (χ1v) is 13.8. The lowest BCUT2D eigenvalue weighted by Crippen LogP contribution is -2.53. The number of rotatable bonds is 11. The van der Waals surface area contributed by atoms with E-state index in [0.29, 0.717) is 18.7 Å². The summed E-state index contributed by atoms with van der Waals surface area (Å²) in [5, 5.41) is 2.92. The highest BCUT2D eigenvalue weighted by molar-refractivity contribution is 14.1. The van der Waals surface area contributed by atoms with E-state index >= 15 is 0 Å². The van der Waals surface area contributed by atoms with Gasteiger partial charge in [-0.3, -0.25) is 13.9 Å². The molecule has 1 N–H and O–H groups in total. The standard InChI is InChI=1S/C24H32IN3O4S/c1-5-18(2)26-24(30)19(3)27(16-15-20-9-7-6-8-10-20)23(29)17-28(33(4,31)32)22-13-11-21(25)12-14-22/h6-14,18-19H,5,15-17H2,1-4H3,(H,26,30). The molecule has 2 aromatic rings. The Labute approximate surface area is 210 Å². The molecular weight excluding hydrogens is 553 g/mol. The van der Waals surface area contributed by atoms with Crippen LogP contribution in [0.15, 0.2) is 54.6 Å². The lowest BCUT2D eigenvalue weighted by molar-refractivity contribution is -0.139. The molecule has 2 rings (SSSR count). The van der Waals surface area contributed by atoms with E-state index in [-0.39, 0.29) is 18.5 Å². The largest absolute Gasteiger partial charge is 0.352 e. The number of nitrogens with zero attached hydrogens (tertiary/aromatic N) is 2. The topological polar surface area (TPSA) is 86.8 Å². The summed E-state index contributed by atoms with van der Waals surface area (Å²) < 4.78 is 27.1. The summed E-state index contributed by atoms with van der Waals surface area (Å²) in [4.78, 5) is 27.7. The van der Waals surface area contributed by atoms with Gasteiger partial charge in [0.15, 0.2) is 0 Å². The SMILES string of the molecule is CCC(C)NC(=O)C(C)N(CCc1ccccc1)C(=O)CN(c1ccc(I)cc1)S(C)(=O)=O. The van der Waals surface area contributed by atoms with E-state index in [2.05, 4.69) is 27.9 Å². The van der Waals surface area contributed by atoms with Crippen LogP contribution in [-0.2, 0) is 26.0 Å². The van der Waals surface area contributed by atoms with E-state index in [1.165, 1.54) is 4.90 Å². The molecule has 2 unspecified atom stereocenters. The van der Waals surface area contributed by atoms with E-state index in [4.69, 9.17) is 0 Å². The molecule has 0 aliphatic carbocycles. The molecule has 9 heteroatoms. The minimum atomic E-state index is -3.71. The zero-order valence-corrected chi connectivity index (χ0v) is 22.5. The molecule has 0 spiro atoms. The highest BCUT2D eigenvalue weighted by Crippen LogP contribution is 2.20. The van der Waals surface area contributed by atoms with Crippen molar-refractivity contribution in [1.82, 2.24) is 10.2 Å². The van der Waals surface area contributed by atoms with E-state index in [1.54, 1.807) is 31.2 Å². The van der Waals surface area contributed by atoms with Gasteiger partial charge in [-0.05, 0) is 79.1 Å². The summed E-state index contributed by atoms with van der Waals surface area (Å²) in [5.74, 6) is -0.687. The Morgan fingerprint density at radius 3 is 2.18 bits per heavy atom. The van der Waals surface area contributed by atoms with Gasteiger partial charge in [-0.25, -0.2) is 8.42 Å². The number of amides is 2. The molecule has 0 bridgehead atoms. The average molecular weight is 586 g/mol. The van der Waals surface area contributed by atoms with E-state index in [9.17, 15) is 18.0 Å². The number of nitrogens with one attached hydrogen (secondary N) is 1. The normalized spacial score (nSPS) is 13.1. The Kier molecular flexibility index (Phi) is 10.2. The highest BCUT2D eigenvalue weighted by atomic mass is 127. The van der Waals surface area contributed by atoms with Crippen molar-refractivity contribution >= 4 is 50.1 Å². The average Bonchev–Trinajstić information content (AvgIpc) is 2.78. The zero-order valence-electron chi connectivity index (χ0n) is 19.5. The number of hydrogen-bond acceptors (Lipinski definition) is 4. The van der Waals surface area contributed by atoms with Crippen LogP contribution in [-0.4, -0.2) is 56.6 Å². The molecule has 7 nitrogen and oxygen atoms in total. The van der Waals surface area contributed by atoms with Crippen molar-refractivity contribution in [3.8, 4) is 0 Å². The number of benzene rings is 2. The van der Waals surface area contributed by atoms with Crippen LogP contribution in [0.4, 0.5) is 5.69 Å². The maximum Gasteiger partial charge on any atom is 0.244 e. The summed E-state index contributed by atoms with van der Waals surface area (Å²) in [6.07, 6.45) is 2.40. The first kappa shape index (κ1) is 27.1. The molecule has 2 aromatic carbocycles. The van der Waals surface area contributed by atoms with E-state index < -0.39 is 22.0 Å². The van der Waals surface area contributed by atoms with Gasteiger partial charge in [-0.15, -0.1) is 0 Å². The Bertz CT molecular complexity index is 1030. The van der Waals surface area contributed by atoms with Crippen molar-refractivity contribution in [2.45, 2.75) is 45.7 Å². The highest BCUT2D eigenvalue weighted by Gasteiger charge is 2.30. The first-order valence-electron chi connectivity index (χ1n) is 10.9. The molecule has 33 heavy (non-hydrogen) atoms. The van der Waals surface area contributed by atoms with Gasteiger partial charge in [0.25, 0.3) is 0 Å². The maximum atomic E-state index is 13.4. The molecule has 180 valence electrons. The fraction of sp³-hybridized carbons (Fsp3) is 0.417. The van der Waals surface area contributed by atoms with Gasteiger partial charge < -0.3 is 10.2 Å². The van der Waals surface area contributed by atoms with Gasteiger partial charge in [0.2, 0.25) is 21.8 Å². The van der Waals surface area contributed by atoms with Crippen molar-refractivity contribution < 1.29 is 18.0 Å². The molecular formula is C24H32IN3O4S. The zero-order chi connectivity index (χ0) is 24.6. The molecule has 0 aromatic heterocycles. The fourth-order valence-corrected chi connectivity index (χ4v) is 4.47. The summed E-state index contributed by atoms with van der Waals surface area (Å²) in [6, 6.07) is 15.8. The molecule has 0 aliphatic rings. The lowest BCUT2D eigenvalue weighted by Gasteiger charge is -2.32. The minimum absolute atomic E-state index is 0.0228. The third-order valence-corrected chi connectivity index (χ3v) is 7.31. The Morgan fingerprint density at radius 1 is 1.03 bits per heavy atom. The second-order valence-corrected chi connectivity index (χ2v) is 11.2. The number of carbonyl (C=O) groups excluding carboxylic acids is 2. The number of anilines is 1. The van der Waals surface area contributed by atoms with Gasteiger partial charge in [-0.1, -0.05) is 37.3 Å². The number of sulfonamides is 1. The van der Waals surface area contributed by atoms with Crippen LogP contribution < -0.4 is 9.62 Å². The van der Waals surface area contributed by atoms with Crippen molar-refractivity contribution in [2.75, 3.05) is 23.7 Å². The van der Waals surface area contributed by atoms with Crippen LogP contribution >= 0.6 is 22.6 Å². The fourth-order valence-electron chi connectivity index (χ4n) is 3.26. The van der Waals surface area contributed by atoms with Crippen LogP contribution in [0.5, 0.6) is 0 Å². The van der Waals surface area contributed by atoms with Crippen LogP contribution in [0.2, 0.25) is 0 Å². The summed E-state index contributed by atoms with van der Waals surface area (Å²) >= 11 is 2.13.